The van der Waals surface area contributed by atoms with E-state index in [1.54, 1.807) is 22.6 Å². The van der Waals surface area contributed by atoms with Gasteiger partial charge in [0, 0.05) is 14.2 Å². The molecule has 1 rings (SSSR count). The molecule has 0 aliphatic heterocycles. The molecule has 0 radical (unpaired) electrons. The van der Waals surface area contributed by atoms with Crippen LogP contribution in [-0.4, -0.2) is 4.98 Å². The molecular weight excluding hydrogens is 350 g/mol. The molecule has 0 spiro atoms. The predicted octanol–water partition coefficient (Wildman–Crippen LogP) is 3.47. The number of hydrogen-bond donors (Lipinski definition) is 0. The van der Waals surface area contributed by atoms with Crippen molar-refractivity contribution in [3.8, 4) is 0 Å². The van der Waals surface area contributed by atoms with Crippen LogP contribution in [0.25, 0.3) is 0 Å². The zero-order valence-corrected chi connectivity index (χ0v) is 9.24. The first-order valence-electron chi connectivity index (χ1n) is 2.79. The summed E-state index contributed by atoms with van der Waals surface area (Å²) in [5, 5.41) is 0. The molecule has 12 heavy (non-hydrogen) atoms. The number of pyridine rings is 1. The third kappa shape index (κ3) is 2.32. The maximum absolute atomic E-state index is 12.0. The molecular formula is C6H2BrF3IN. The van der Waals surface area contributed by atoms with Crippen LogP contribution in [0.5, 0.6) is 0 Å². The first-order chi connectivity index (χ1) is 5.41. The zero-order chi connectivity index (χ0) is 9.35. The Labute approximate surface area is 88.6 Å². The minimum atomic E-state index is -4.36. The average molecular weight is 352 g/mol. The van der Waals surface area contributed by atoms with E-state index >= 15 is 0 Å². The monoisotopic (exact) mass is 351 g/mol. The second-order valence-electron chi connectivity index (χ2n) is 1.98. The summed E-state index contributed by atoms with van der Waals surface area (Å²) in [6, 6.07) is 0.991. The highest BCUT2D eigenvalue weighted by atomic mass is 127. The molecule has 0 saturated heterocycles. The minimum absolute atomic E-state index is 0.495. The van der Waals surface area contributed by atoms with E-state index in [0.29, 0.717) is 8.04 Å². The lowest BCUT2D eigenvalue weighted by Gasteiger charge is -2.05. The summed E-state index contributed by atoms with van der Waals surface area (Å²) >= 11 is 4.86. The van der Waals surface area contributed by atoms with Crippen molar-refractivity contribution in [1.82, 2.24) is 4.98 Å². The molecule has 0 atom stereocenters. The van der Waals surface area contributed by atoms with Crippen LogP contribution >= 0.6 is 38.5 Å². The van der Waals surface area contributed by atoms with Crippen LogP contribution in [0.1, 0.15) is 5.69 Å². The van der Waals surface area contributed by atoms with Crippen LogP contribution in [0.4, 0.5) is 13.2 Å². The van der Waals surface area contributed by atoms with Gasteiger partial charge in [0.2, 0.25) is 0 Å². The van der Waals surface area contributed by atoms with Crippen molar-refractivity contribution in [2.75, 3.05) is 0 Å². The van der Waals surface area contributed by atoms with Gasteiger partial charge in [-0.1, -0.05) is 0 Å². The molecule has 1 nitrogen and oxygen atoms in total. The highest BCUT2D eigenvalue weighted by Crippen LogP contribution is 2.30. The Kier molecular flexibility index (Phi) is 2.97. The van der Waals surface area contributed by atoms with Crippen LogP contribution in [0.3, 0.4) is 0 Å². The molecule has 1 aromatic rings. The molecule has 0 fully saturated rings. The first kappa shape index (κ1) is 10.2. The van der Waals surface area contributed by atoms with Gasteiger partial charge >= 0.3 is 6.18 Å². The predicted molar refractivity (Wildman–Crippen MR) is 49.7 cm³/mol. The molecule has 0 saturated carbocycles. The maximum atomic E-state index is 12.0. The average Bonchev–Trinajstić information content (AvgIpc) is 1.92. The van der Waals surface area contributed by atoms with Crippen molar-refractivity contribution in [2.24, 2.45) is 0 Å². The number of halogens is 5. The fraction of sp³-hybridized carbons (Fsp3) is 0.167. The van der Waals surface area contributed by atoms with Crippen LogP contribution in [-0.2, 0) is 6.18 Å². The standard InChI is InChI=1S/C6H2BrF3IN/c7-3-2-12-5(1-4(3)11)6(8,9)10/h1-2H. The van der Waals surface area contributed by atoms with Gasteiger partial charge in [0.15, 0.2) is 0 Å². The van der Waals surface area contributed by atoms with Gasteiger partial charge in [-0.3, -0.25) is 4.98 Å². The maximum Gasteiger partial charge on any atom is 0.433 e. The summed E-state index contributed by atoms with van der Waals surface area (Å²) in [4.78, 5) is 3.23. The molecule has 0 bridgehead atoms. The summed E-state index contributed by atoms with van der Waals surface area (Å²) in [6.07, 6.45) is -3.22. The molecule has 66 valence electrons. The molecule has 0 aliphatic carbocycles. The summed E-state index contributed by atoms with van der Waals surface area (Å²) < 4.78 is 37.1. The van der Waals surface area contributed by atoms with Crippen molar-refractivity contribution in [3.63, 3.8) is 0 Å². The van der Waals surface area contributed by atoms with Gasteiger partial charge in [-0.15, -0.1) is 0 Å². The molecule has 1 aromatic heterocycles. The Balaban J connectivity index is 3.14. The first-order valence-corrected chi connectivity index (χ1v) is 4.66. The highest BCUT2D eigenvalue weighted by Gasteiger charge is 2.32. The molecule has 0 aliphatic rings. The van der Waals surface area contributed by atoms with Crippen LogP contribution < -0.4 is 0 Å². The van der Waals surface area contributed by atoms with Crippen molar-refractivity contribution in [3.05, 3.63) is 26.0 Å². The van der Waals surface area contributed by atoms with Gasteiger partial charge < -0.3 is 0 Å². The van der Waals surface area contributed by atoms with Gasteiger partial charge in [0.25, 0.3) is 0 Å². The molecule has 6 heteroatoms. The van der Waals surface area contributed by atoms with E-state index in [0.717, 1.165) is 12.3 Å². The van der Waals surface area contributed by atoms with Crippen molar-refractivity contribution in [1.29, 1.82) is 0 Å². The number of rotatable bonds is 0. The number of alkyl halides is 3. The van der Waals surface area contributed by atoms with E-state index in [1.165, 1.54) is 0 Å². The topological polar surface area (TPSA) is 12.9 Å². The number of hydrogen-bond acceptors (Lipinski definition) is 1. The molecule has 0 N–H and O–H groups in total. The van der Waals surface area contributed by atoms with Gasteiger partial charge in [0.1, 0.15) is 5.69 Å². The fourth-order valence-electron chi connectivity index (χ4n) is 0.569. The second kappa shape index (κ2) is 3.49. The van der Waals surface area contributed by atoms with Gasteiger partial charge in [-0.2, -0.15) is 13.2 Å². The lowest BCUT2D eigenvalue weighted by molar-refractivity contribution is -0.141. The zero-order valence-electron chi connectivity index (χ0n) is 5.49. The van der Waals surface area contributed by atoms with Crippen molar-refractivity contribution < 1.29 is 13.2 Å². The molecule has 0 unspecified atom stereocenters. The number of aromatic nitrogens is 1. The Bertz CT molecular complexity index is 299. The minimum Gasteiger partial charge on any atom is -0.251 e. The van der Waals surface area contributed by atoms with Crippen LogP contribution in [0, 0.1) is 3.57 Å². The van der Waals surface area contributed by atoms with Gasteiger partial charge in [0.05, 0.1) is 0 Å². The highest BCUT2D eigenvalue weighted by molar-refractivity contribution is 14.1. The lowest BCUT2D eigenvalue weighted by Crippen LogP contribution is -2.07. The SMILES string of the molecule is FC(F)(F)c1cc(I)c(Br)cn1. The largest absolute Gasteiger partial charge is 0.433 e. The quantitative estimate of drug-likeness (QED) is 0.652. The third-order valence-electron chi connectivity index (χ3n) is 1.10. The molecule has 0 aromatic carbocycles. The van der Waals surface area contributed by atoms with Gasteiger partial charge in [-0.05, 0) is 44.6 Å². The van der Waals surface area contributed by atoms with Crippen LogP contribution in [0.15, 0.2) is 16.7 Å². The lowest BCUT2D eigenvalue weighted by atomic mass is 10.3. The Morgan fingerprint density at radius 2 is 2.00 bits per heavy atom. The Morgan fingerprint density at radius 3 is 2.42 bits per heavy atom. The summed E-state index contributed by atoms with van der Waals surface area (Å²) in [5.74, 6) is 0. The normalized spacial score (nSPS) is 11.8. The van der Waals surface area contributed by atoms with E-state index in [4.69, 9.17) is 0 Å². The summed E-state index contributed by atoms with van der Waals surface area (Å²) in [7, 11) is 0. The fourth-order valence-corrected chi connectivity index (χ4v) is 1.22. The Morgan fingerprint density at radius 1 is 1.42 bits per heavy atom. The van der Waals surface area contributed by atoms with Crippen molar-refractivity contribution in [2.45, 2.75) is 6.18 Å². The third-order valence-corrected chi connectivity index (χ3v) is 3.36. The van der Waals surface area contributed by atoms with E-state index < -0.39 is 11.9 Å². The van der Waals surface area contributed by atoms with Crippen LogP contribution in [0.2, 0.25) is 0 Å². The van der Waals surface area contributed by atoms with E-state index in [-0.39, 0.29) is 0 Å². The van der Waals surface area contributed by atoms with E-state index in [1.807, 2.05) is 0 Å². The molecule has 1 heterocycles. The second-order valence-corrected chi connectivity index (χ2v) is 4.00. The summed E-state index contributed by atoms with van der Waals surface area (Å²) in [6.45, 7) is 0. The summed E-state index contributed by atoms with van der Waals surface area (Å²) in [5.41, 5.74) is -0.866. The van der Waals surface area contributed by atoms with E-state index in [2.05, 4.69) is 20.9 Å². The smallest absolute Gasteiger partial charge is 0.251 e. The van der Waals surface area contributed by atoms with Gasteiger partial charge in [-0.25, -0.2) is 0 Å². The Hall–Kier alpha value is 0.150. The number of nitrogens with zero attached hydrogens (tertiary/aromatic N) is 1. The van der Waals surface area contributed by atoms with Crippen molar-refractivity contribution >= 4 is 38.5 Å². The van der Waals surface area contributed by atoms with E-state index in [9.17, 15) is 13.2 Å². The molecule has 0 amide bonds.